The van der Waals surface area contributed by atoms with E-state index in [0.717, 1.165) is 57.0 Å². The molecule has 2 aromatic heterocycles. The number of alkyl halides is 1. The third-order valence-corrected chi connectivity index (χ3v) is 6.48. The van der Waals surface area contributed by atoms with E-state index in [1.165, 1.54) is 0 Å². The molecule has 1 amide bonds. The predicted molar refractivity (Wildman–Crippen MR) is 115 cm³/mol. The lowest BCUT2D eigenvalue weighted by molar-refractivity contribution is 0.0242. The smallest absolute Gasteiger partial charge is 0.272 e. The summed E-state index contributed by atoms with van der Waals surface area (Å²) in [7, 11) is 0. The maximum Gasteiger partial charge on any atom is 0.272 e. The Morgan fingerprint density at radius 2 is 2.03 bits per heavy atom. The minimum absolute atomic E-state index is 0.0415. The zero-order valence-corrected chi connectivity index (χ0v) is 18.1. The summed E-state index contributed by atoms with van der Waals surface area (Å²) in [6, 6.07) is 5.70. The molecule has 4 heterocycles. The Hall–Kier alpha value is -1.99. The molecule has 7 heteroatoms. The fourth-order valence-electron chi connectivity index (χ4n) is 4.57. The molecule has 4 rings (SSSR count). The minimum atomic E-state index is -1.35. The van der Waals surface area contributed by atoms with E-state index in [2.05, 4.69) is 15.2 Å². The standard InChI is InChI=1S/C23H33FN4O2/c1-17(2)21-26-20(19-5-3-4-10-28(19)21)22(29)25-16-23(24)8-11-27(12-9-23)15-18-6-13-30-14-7-18/h3-5,10,17-18H,6-9,11-16H2,1-2H3,(H,25,29). The lowest BCUT2D eigenvalue weighted by Crippen LogP contribution is -2.49. The first-order valence-electron chi connectivity index (χ1n) is 11.2. The van der Waals surface area contributed by atoms with Gasteiger partial charge in [0.15, 0.2) is 5.69 Å². The number of amides is 1. The van der Waals surface area contributed by atoms with Crippen molar-refractivity contribution in [1.29, 1.82) is 0 Å². The quantitative estimate of drug-likeness (QED) is 0.784. The van der Waals surface area contributed by atoms with Gasteiger partial charge in [0.2, 0.25) is 0 Å². The molecule has 0 unspecified atom stereocenters. The van der Waals surface area contributed by atoms with Crippen molar-refractivity contribution in [2.24, 2.45) is 5.92 Å². The molecule has 1 N–H and O–H groups in total. The first-order chi connectivity index (χ1) is 14.5. The lowest BCUT2D eigenvalue weighted by atomic mass is 9.91. The van der Waals surface area contributed by atoms with Crippen LogP contribution in [0.15, 0.2) is 24.4 Å². The summed E-state index contributed by atoms with van der Waals surface area (Å²) in [5, 5.41) is 2.82. The van der Waals surface area contributed by atoms with Crippen LogP contribution in [0.2, 0.25) is 0 Å². The Morgan fingerprint density at radius 1 is 1.30 bits per heavy atom. The molecule has 30 heavy (non-hydrogen) atoms. The fraction of sp³-hybridized carbons (Fsp3) is 0.652. The molecule has 0 bridgehead atoms. The van der Waals surface area contributed by atoms with Crippen molar-refractivity contribution >= 4 is 11.4 Å². The first kappa shape index (κ1) is 21.2. The summed E-state index contributed by atoms with van der Waals surface area (Å²) in [4.78, 5) is 19.8. The van der Waals surface area contributed by atoms with Crippen LogP contribution in [0.1, 0.15) is 61.8 Å². The predicted octanol–water partition coefficient (Wildman–Crippen LogP) is 3.42. The largest absolute Gasteiger partial charge is 0.381 e. The van der Waals surface area contributed by atoms with Crippen molar-refractivity contribution in [2.75, 3.05) is 39.4 Å². The summed E-state index contributed by atoms with van der Waals surface area (Å²) in [6.45, 7) is 8.35. The number of imidazole rings is 1. The van der Waals surface area contributed by atoms with E-state index in [9.17, 15) is 4.79 Å². The molecule has 0 spiro atoms. The Balaban J connectivity index is 1.33. The molecule has 2 saturated heterocycles. The molecule has 164 valence electrons. The number of piperidine rings is 1. The Bertz CT molecular complexity index is 867. The van der Waals surface area contributed by atoms with Gasteiger partial charge in [0.05, 0.1) is 12.1 Å². The summed E-state index contributed by atoms with van der Waals surface area (Å²) in [5.74, 6) is 1.39. The third-order valence-electron chi connectivity index (χ3n) is 6.48. The number of fused-ring (bicyclic) bond motifs is 1. The van der Waals surface area contributed by atoms with Crippen LogP contribution in [0, 0.1) is 5.92 Å². The summed E-state index contributed by atoms with van der Waals surface area (Å²) in [5.41, 5.74) is -0.212. The van der Waals surface area contributed by atoms with Crippen LogP contribution in [0.3, 0.4) is 0 Å². The van der Waals surface area contributed by atoms with Crippen LogP contribution in [-0.4, -0.2) is 65.3 Å². The second kappa shape index (κ2) is 9.02. The van der Waals surface area contributed by atoms with Gasteiger partial charge in [-0.05, 0) is 43.7 Å². The molecule has 2 aromatic rings. The number of hydrogen-bond donors (Lipinski definition) is 1. The van der Waals surface area contributed by atoms with Crippen molar-refractivity contribution in [3.05, 3.63) is 35.9 Å². The monoisotopic (exact) mass is 416 g/mol. The van der Waals surface area contributed by atoms with Crippen molar-refractivity contribution < 1.29 is 13.9 Å². The number of hydrogen-bond acceptors (Lipinski definition) is 4. The summed E-state index contributed by atoms with van der Waals surface area (Å²) < 4.78 is 22.7. The minimum Gasteiger partial charge on any atom is -0.381 e. The van der Waals surface area contributed by atoms with Gasteiger partial charge in [-0.1, -0.05) is 19.9 Å². The summed E-state index contributed by atoms with van der Waals surface area (Å²) >= 11 is 0. The van der Waals surface area contributed by atoms with Gasteiger partial charge in [0, 0.05) is 45.0 Å². The van der Waals surface area contributed by atoms with Gasteiger partial charge in [-0.3, -0.25) is 4.79 Å². The lowest BCUT2D eigenvalue weighted by Gasteiger charge is -2.38. The van der Waals surface area contributed by atoms with E-state index in [4.69, 9.17) is 4.74 Å². The van der Waals surface area contributed by atoms with E-state index >= 15 is 4.39 Å². The number of ether oxygens (including phenoxy) is 1. The van der Waals surface area contributed by atoms with Gasteiger partial charge < -0.3 is 19.4 Å². The molecule has 2 aliphatic rings. The third kappa shape index (κ3) is 4.67. The number of likely N-dealkylation sites (tertiary alicyclic amines) is 1. The highest BCUT2D eigenvalue weighted by atomic mass is 19.1. The molecule has 0 aliphatic carbocycles. The Labute approximate surface area is 177 Å². The van der Waals surface area contributed by atoms with Crippen LogP contribution in [0.5, 0.6) is 0 Å². The molecular weight excluding hydrogens is 383 g/mol. The SMILES string of the molecule is CC(C)c1nc(C(=O)NCC2(F)CCN(CC3CCOCC3)CC2)c2ccccn12. The number of aromatic nitrogens is 2. The highest BCUT2D eigenvalue weighted by Crippen LogP contribution is 2.28. The highest BCUT2D eigenvalue weighted by molar-refractivity contribution is 5.99. The van der Waals surface area contributed by atoms with Crippen LogP contribution >= 0.6 is 0 Å². The number of pyridine rings is 1. The maximum atomic E-state index is 15.4. The van der Waals surface area contributed by atoms with E-state index < -0.39 is 5.67 Å². The molecule has 2 fully saturated rings. The van der Waals surface area contributed by atoms with Gasteiger partial charge in [0.25, 0.3) is 5.91 Å². The first-order valence-corrected chi connectivity index (χ1v) is 11.2. The Kier molecular flexibility index (Phi) is 6.39. The van der Waals surface area contributed by atoms with Crippen molar-refractivity contribution in [3.63, 3.8) is 0 Å². The zero-order chi connectivity index (χ0) is 21.1. The average molecular weight is 417 g/mol. The average Bonchev–Trinajstić information content (AvgIpc) is 3.15. The second-order valence-corrected chi connectivity index (χ2v) is 9.12. The van der Waals surface area contributed by atoms with Gasteiger partial charge >= 0.3 is 0 Å². The van der Waals surface area contributed by atoms with Crippen molar-refractivity contribution in [2.45, 2.75) is 51.1 Å². The van der Waals surface area contributed by atoms with Crippen molar-refractivity contribution in [1.82, 2.24) is 19.6 Å². The molecule has 0 atom stereocenters. The van der Waals surface area contributed by atoms with E-state index in [1.807, 2.05) is 42.6 Å². The number of carbonyl (C=O) groups is 1. The molecule has 0 radical (unpaired) electrons. The number of rotatable bonds is 6. The maximum absolute atomic E-state index is 15.4. The highest BCUT2D eigenvalue weighted by Gasteiger charge is 2.36. The van der Waals surface area contributed by atoms with E-state index in [-0.39, 0.29) is 18.4 Å². The zero-order valence-electron chi connectivity index (χ0n) is 18.1. The second-order valence-electron chi connectivity index (χ2n) is 9.12. The number of nitrogens with zero attached hydrogens (tertiary/aromatic N) is 3. The van der Waals surface area contributed by atoms with Gasteiger partial charge in [-0.25, -0.2) is 9.37 Å². The fourth-order valence-corrected chi connectivity index (χ4v) is 4.57. The van der Waals surface area contributed by atoms with Gasteiger partial charge in [-0.2, -0.15) is 0 Å². The molecule has 2 aliphatic heterocycles. The van der Waals surface area contributed by atoms with E-state index in [0.29, 0.717) is 24.5 Å². The van der Waals surface area contributed by atoms with Crippen LogP contribution in [0.4, 0.5) is 4.39 Å². The normalized spacial score (nSPS) is 20.7. The number of halogens is 1. The van der Waals surface area contributed by atoms with Crippen molar-refractivity contribution in [3.8, 4) is 0 Å². The number of nitrogens with one attached hydrogen (secondary N) is 1. The molecule has 6 nitrogen and oxygen atoms in total. The van der Waals surface area contributed by atoms with E-state index in [1.54, 1.807) is 0 Å². The van der Waals surface area contributed by atoms with Gasteiger partial charge in [-0.15, -0.1) is 0 Å². The van der Waals surface area contributed by atoms with Gasteiger partial charge in [0.1, 0.15) is 11.5 Å². The Morgan fingerprint density at radius 3 is 2.73 bits per heavy atom. The molecule has 0 aromatic carbocycles. The topological polar surface area (TPSA) is 58.9 Å². The number of carbonyl (C=O) groups excluding carboxylic acids is 1. The van der Waals surface area contributed by atoms with Crippen LogP contribution in [0.25, 0.3) is 5.52 Å². The van der Waals surface area contributed by atoms with Crippen LogP contribution < -0.4 is 5.32 Å². The summed E-state index contributed by atoms with van der Waals surface area (Å²) in [6.07, 6.45) is 5.03. The molecule has 0 saturated carbocycles. The van der Waals surface area contributed by atoms with Crippen LogP contribution in [-0.2, 0) is 4.74 Å². The molecular formula is C23H33FN4O2.